The van der Waals surface area contributed by atoms with E-state index in [1.807, 2.05) is 57.2 Å². The van der Waals surface area contributed by atoms with E-state index in [0.717, 1.165) is 22.6 Å². The van der Waals surface area contributed by atoms with Crippen molar-refractivity contribution in [1.29, 1.82) is 0 Å². The lowest BCUT2D eigenvalue weighted by Gasteiger charge is -2.12. The van der Waals surface area contributed by atoms with Gasteiger partial charge in [0.1, 0.15) is 23.0 Å². The number of hydrogen-bond donors (Lipinski definition) is 1. The van der Waals surface area contributed by atoms with Gasteiger partial charge >= 0.3 is 0 Å². The number of carbonyl (C=O) groups is 1. The van der Waals surface area contributed by atoms with E-state index in [-0.39, 0.29) is 11.9 Å². The first kappa shape index (κ1) is 16.1. The molecule has 0 spiro atoms. The Kier molecular flexibility index (Phi) is 4.30. The maximum absolute atomic E-state index is 12.6. The first-order chi connectivity index (χ1) is 11.5. The zero-order valence-electron chi connectivity index (χ0n) is 14.3. The quantitative estimate of drug-likeness (QED) is 0.738. The number of aryl methyl sites for hydroxylation is 3. The summed E-state index contributed by atoms with van der Waals surface area (Å²) < 4.78 is 11.3. The first-order valence-corrected chi connectivity index (χ1v) is 7.99. The van der Waals surface area contributed by atoms with Gasteiger partial charge in [-0.2, -0.15) is 0 Å². The standard InChI is InChI=1S/C20H21NO3/c1-12-10-17(14(3)23-12)13(2)21-20(22)18-11-19(24-15(18)4)16-8-6-5-7-9-16/h5-11,13H,1-4H3,(H,21,22). The molecule has 0 saturated heterocycles. The number of benzene rings is 1. The number of nitrogens with one attached hydrogen (secondary N) is 1. The van der Waals surface area contributed by atoms with Crippen molar-refractivity contribution < 1.29 is 13.6 Å². The Morgan fingerprint density at radius 1 is 1.00 bits per heavy atom. The zero-order valence-corrected chi connectivity index (χ0v) is 14.3. The molecular formula is C20H21NO3. The summed E-state index contributed by atoms with van der Waals surface area (Å²) in [5, 5.41) is 3.01. The molecule has 0 radical (unpaired) electrons. The molecule has 3 aromatic rings. The number of furan rings is 2. The minimum absolute atomic E-state index is 0.135. The first-order valence-electron chi connectivity index (χ1n) is 7.99. The molecule has 4 heteroatoms. The van der Waals surface area contributed by atoms with Gasteiger partial charge in [0, 0.05) is 11.1 Å². The number of amides is 1. The van der Waals surface area contributed by atoms with Gasteiger partial charge in [-0.25, -0.2) is 0 Å². The molecule has 0 aliphatic heterocycles. The monoisotopic (exact) mass is 323 g/mol. The van der Waals surface area contributed by atoms with Crippen LogP contribution in [0.1, 0.15) is 46.2 Å². The SMILES string of the molecule is Cc1cc(C(C)NC(=O)c2cc(-c3ccccc3)oc2C)c(C)o1. The van der Waals surface area contributed by atoms with Gasteiger partial charge in [0.05, 0.1) is 11.6 Å². The maximum atomic E-state index is 12.6. The lowest BCUT2D eigenvalue weighted by molar-refractivity contribution is 0.0938. The fraction of sp³-hybridized carbons (Fsp3) is 0.250. The summed E-state index contributed by atoms with van der Waals surface area (Å²) in [6, 6.07) is 13.4. The van der Waals surface area contributed by atoms with E-state index < -0.39 is 0 Å². The lowest BCUT2D eigenvalue weighted by Crippen LogP contribution is -2.26. The van der Waals surface area contributed by atoms with E-state index in [2.05, 4.69) is 5.32 Å². The molecule has 2 aromatic heterocycles. The maximum Gasteiger partial charge on any atom is 0.255 e. The normalized spacial score (nSPS) is 12.2. The van der Waals surface area contributed by atoms with Crippen LogP contribution in [0.15, 0.2) is 51.3 Å². The Labute approximate surface area is 141 Å². The molecule has 1 amide bonds. The van der Waals surface area contributed by atoms with E-state index in [9.17, 15) is 4.79 Å². The van der Waals surface area contributed by atoms with E-state index >= 15 is 0 Å². The van der Waals surface area contributed by atoms with Crippen LogP contribution in [0.4, 0.5) is 0 Å². The highest BCUT2D eigenvalue weighted by molar-refractivity contribution is 5.96. The molecule has 24 heavy (non-hydrogen) atoms. The highest BCUT2D eigenvalue weighted by Gasteiger charge is 2.20. The van der Waals surface area contributed by atoms with Crippen molar-refractivity contribution >= 4 is 5.91 Å². The van der Waals surface area contributed by atoms with E-state index in [1.54, 1.807) is 13.0 Å². The van der Waals surface area contributed by atoms with Crippen molar-refractivity contribution in [3.63, 3.8) is 0 Å². The predicted molar refractivity (Wildman–Crippen MR) is 92.9 cm³/mol. The van der Waals surface area contributed by atoms with Gasteiger partial charge in [-0.1, -0.05) is 30.3 Å². The molecule has 2 heterocycles. The average molecular weight is 323 g/mol. The minimum Gasteiger partial charge on any atom is -0.466 e. The molecule has 0 fully saturated rings. The summed E-state index contributed by atoms with van der Waals surface area (Å²) in [4.78, 5) is 12.6. The smallest absolute Gasteiger partial charge is 0.255 e. The summed E-state index contributed by atoms with van der Waals surface area (Å²) in [6.45, 7) is 7.56. The van der Waals surface area contributed by atoms with Crippen LogP contribution in [-0.4, -0.2) is 5.91 Å². The second-order valence-electron chi connectivity index (χ2n) is 6.01. The summed E-state index contributed by atoms with van der Waals surface area (Å²) in [5.74, 6) is 2.83. The summed E-state index contributed by atoms with van der Waals surface area (Å²) in [6.07, 6.45) is 0. The van der Waals surface area contributed by atoms with E-state index in [1.165, 1.54) is 0 Å². The summed E-state index contributed by atoms with van der Waals surface area (Å²) in [5.41, 5.74) is 2.50. The minimum atomic E-state index is -0.149. The number of hydrogen-bond acceptors (Lipinski definition) is 3. The molecule has 124 valence electrons. The summed E-state index contributed by atoms with van der Waals surface area (Å²) in [7, 11) is 0. The Morgan fingerprint density at radius 2 is 1.71 bits per heavy atom. The largest absolute Gasteiger partial charge is 0.466 e. The van der Waals surface area contributed by atoms with Gasteiger partial charge in [0.25, 0.3) is 5.91 Å². The van der Waals surface area contributed by atoms with Crippen LogP contribution in [-0.2, 0) is 0 Å². The van der Waals surface area contributed by atoms with E-state index in [0.29, 0.717) is 17.1 Å². The topological polar surface area (TPSA) is 55.4 Å². The van der Waals surface area contributed by atoms with Crippen LogP contribution in [0, 0.1) is 20.8 Å². The average Bonchev–Trinajstić information content (AvgIpc) is 3.10. The van der Waals surface area contributed by atoms with E-state index in [4.69, 9.17) is 8.83 Å². The van der Waals surface area contributed by atoms with Crippen molar-refractivity contribution in [2.45, 2.75) is 33.7 Å². The van der Waals surface area contributed by atoms with Gasteiger partial charge < -0.3 is 14.2 Å². The van der Waals surface area contributed by atoms with Crippen LogP contribution in [0.5, 0.6) is 0 Å². The third-order valence-electron chi connectivity index (χ3n) is 4.11. The fourth-order valence-electron chi connectivity index (χ4n) is 2.88. The molecule has 0 bridgehead atoms. The zero-order chi connectivity index (χ0) is 17.3. The molecule has 3 rings (SSSR count). The molecule has 0 aliphatic carbocycles. The second-order valence-corrected chi connectivity index (χ2v) is 6.01. The fourth-order valence-corrected chi connectivity index (χ4v) is 2.88. The highest BCUT2D eigenvalue weighted by Crippen LogP contribution is 2.26. The van der Waals surface area contributed by atoms with Crippen LogP contribution < -0.4 is 5.32 Å². The van der Waals surface area contributed by atoms with Crippen LogP contribution in [0.2, 0.25) is 0 Å². The molecule has 0 aliphatic rings. The molecule has 0 saturated carbocycles. The van der Waals surface area contributed by atoms with Crippen molar-refractivity contribution in [2.75, 3.05) is 0 Å². The Balaban J connectivity index is 1.80. The molecule has 4 nitrogen and oxygen atoms in total. The van der Waals surface area contributed by atoms with Crippen molar-refractivity contribution in [2.24, 2.45) is 0 Å². The molecule has 1 unspecified atom stereocenters. The van der Waals surface area contributed by atoms with Crippen molar-refractivity contribution in [1.82, 2.24) is 5.32 Å². The third-order valence-corrected chi connectivity index (χ3v) is 4.11. The van der Waals surface area contributed by atoms with Crippen LogP contribution >= 0.6 is 0 Å². The van der Waals surface area contributed by atoms with Gasteiger partial charge in [0.15, 0.2) is 0 Å². The van der Waals surface area contributed by atoms with Crippen molar-refractivity contribution in [3.8, 4) is 11.3 Å². The van der Waals surface area contributed by atoms with Gasteiger partial charge in [-0.05, 0) is 39.8 Å². The van der Waals surface area contributed by atoms with Crippen molar-refractivity contribution in [3.05, 3.63) is 70.9 Å². The van der Waals surface area contributed by atoms with Gasteiger partial charge in [0.2, 0.25) is 0 Å². The second kappa shape index (κ2) is 6.40. The molecule has 1 aromatic carbocycles. The Morgan fingerprint density at radius 3 is 2.33 bits per heavy atom. The Bertz CT molecular complexity index is 858. The van der Waals surface area contributed by atoms with Gasteiger partial charge in [-0.3, -0.25) is 4.79 Å². The molecule has 1 atom stereocenters. The third kappa shape index (κ3) is 3.13. The molecule has 1 N–H and O–H groups in total. The van der Waals surface area contributed by atoms with Gasteiger partial charge in [-0.15, -0.1) is 0 Å². The number of rotatable bonds is 4. The van der Waals surface area contributed by atoms with Crippen LogP contribution in [0.3, 0.4) is 0 Å². The highest BCUT2D eigenvalue weighted by atomic mass is 16.3. The summed E-state index contributed by atoms with van der Waals surface area (Å²) >= 11 is 0. The lowest BCUT2D eigenvalue weighted by atomic mass is 10.1. The Hall–Kier alpha value is -2.75. The molecular weight excluding hydrogens is 302 g/mol. The number of carbonyl (C=O) groups excluding carboxylic acids is 1. The predicted octanol–water partition coefficient (Wildman–Crippen LogP) is 4.96. The van der Waals surface area contributed by atoms with Crippen LogP contribution in [0.25, 0.3) is 11.3 Å².